The largest absolute Gasteiger partial charge is 0.507 e. The van der Waals surface area contributed by atoms with Gasteiger partial charge in [0.05, 0.1) is 25.3 Å². The number of aliphatic hydroxyl groups excluding tert-OH is 1. The molecule has 1 fully saturated rings. The second kappa shape index (κ2) is 9.83. The van der Waals surface area contributed by atoms with Crippen LogP contribution < -0.4 is 9.47 Å². The number of hydrogen-bond acceptors (Lipinski definition) is 5. The van der Waals surface area contributed by atoms with Gasteiger partial charge in [0, 0.05) is 12.1 Å². The van der Waals surface area contributed by atoms with E-state index in [1.807, 2.05) is 62.4 Å². The highest BCUT2D eigenvalue weighted by atomic mass is 16.5. The van der Waals surface area contributed by atoms with Gasteiger partial charge in [0.25, 0.3) is 11.7 Å². The summed E-state index contributed by atoms with van der Waals surface area (Å²) in [7, 11) is 1.59. The number of ketones is 1. The number of benzene rings is 3. The van der Waals surface area contributed by atoms with E-state index in [9.17, 15) is 14.7 Å². The van der Waals surface area contributed by atoms with Gasteiger partial charge in [-0.1, -0.05) is 54.1 Å². The summed E-state index contributed by atoms with van der Waals surface area (Å²) in [5.74, 6) is -0.145. The third kappa shape index (κ3) is 4.53. The van der Waals surface area contributed by atoms with E-state index in [1.54, 1.807) is 31.4 Å². The molecule has 4 rings (SSSR count). The third-order valence-corrected chi connectivity index (χ3v) is 5.88. The monoisotopic (exact) mass is 457 g/mol. The number of nitrogens with zero attached hydrogens (tertiary/aromatic N) is 1. The highest BCUT2D eigenvalue weighted by Crippen LogP contribution is 2.40. The number of aryl methyl sites for hydroxylation is 1. The fraction of sp³-hybridized carbons (Fsp3) is 0.214. The van der Waals surface area contributed by atoms with Crippen molar-refractivity contribution in [1.29, 1.82) is 0 Å². The van der Waals surface area contributed by atoms with Crippen LogP contribution in [-0.4, -0.2) is 35.4 Å². The Morgan fingerprint density at radius 3 is 2.12 bits per heavy atom. The van der Waals surface area contributed by atoms with Crippen molar-refractivity contribution in [3.05, 3.63) is 101 Å². The Morgan fingerprint density at radius 1 is 0.912 bits per heavy atom. The maximum Gasteiger partial charge on any atom is 0.295 e. The van der Waals surface area contributed by atoms with Crippen molar-refractivity contribution in [3.63, 3.8) is 0 Å². The Hall–Kier alpha value is -4.06. The van der Waals surface area contributed by atoms with E-state index in [1.165, 1.54) is 4.90 Å². The summed E-state index contributed by atoms with van der Waals surface area (Å²) in [4.78, 5) is 27.9. The van der Waals surface area contributed by atoms with Gasteiger partial charge in [-0.15, -0.1) is 0 Å². The van der Waals surface area contributed by atoms with Crippen molar-refractivity contribution in [2.45, 2.75) is 26.4 Å². The Bertz CT molecular complexity index is 1210. The van der Waals surface area contributed by atoms with Gasteiger partial charge < -0.3 is 19.5 Å². The Morgan fingerprint density at radius 2 is 1.53 bits per heavy atom. The number of carbonyl (C=O) groups is 2. The molecule has 0 saturated carbocycles. The molecule has 6 nitrogen and oxygen atoms in total. The van der Waals surface area contributed by atoms with Crippen molar-refractivity contribution in [2.24, 2.45) is 0 Å². The molecule has 3 aromatic carbocycles. The number of aliphatic hydroxyl groups is 1. The van der Waals surface area contributed by atoms with Gasteiger partial charge >= 0.3 is 0 Å². The lowest BCUT2D eigenvalue weighted by atomic mass is 9.95. The van der Waals surface area contributed by atoms with E-state index in [0.29, 0.717) is 29.2 Å². The molecule has 1 saturated heterocycles. The number of likely N-dealkylation sites (tertiary alicyclic amines) is 1. The van der Waals surface area contributed by atoms with Gasteiger partial charge in [-0.3, -0.25) is 9.59 Å². The minimum absolute atomic E-state index is 0.0755. The van der Waals surface area contributed by atoms with Crippen LogP contribution in [0.3, 0.4) is 0 Å². The number of carbonyl (C=O) groups excluding carboxylic acids is 2. The molecule has 0 radical (unpaired) electrons. The molecule has 174 valence electrons. The molecule has 34 heavy (non-hydrogen) atoms. The average Bonchev–Trinajstić information content (AvgIpc) is 3.10. The van der Waals surface area contributed by atoms with Crippen LogP contribution in [-0.2, 0) is 16.1 Å². The Kier molecular flexibility index (Phi) is 6.68. The van der Waals surface area contributed by atoms with Gasteiger partial charge in [-0.2, -0.15) is 0 Å². The fourth-order valence-corrected chi connectivity index (χ4v) is 4.10. The summed E-state index contributed by atoms with van der Waals surface area (Å²) in [5, 5.41) is 11.2. The number of rotatable bonds is 7. The molecule has 0 spiro atoms. The first-order chi connectivity index (χ1) is 16.4. The summed E-state index contributed by atoms with van der Waals surface area (Å²) >= 11 is 0. The number of methoxy groups -OCH3 is 1. The molecule has 1 heterocycles. The lowest BCUT2D eigenvalue weighted by molar-refractivity contribution is -0.140. The zero-order chi connectivity index (χ0) is 24.2. The minimum atomic E-state index is -0.737. The lowest BCUT2D eigenvalue weighted by Gasteiger charge is -2.25. The van der Waals surface area contributed by atoms with E-state index < -0.39 is 17.7 Å². The average molecular weight is 458 g/mol. The van der Waals surface area contributed by atoms with E-state index in [2.05, 4.69) is 0 Å². The standard InChI is InChI=1S/C28H27NO5/c1-4-34-23-15-11-20(12-16-23)25-24(26(30)21-9-5-18(2)6-10-21)27(31)28(32)29(25)17-19-7-13-22(33-3)14-8-19/h5-16,25,30H,4,17H2,1-3H3/b26-24-. The van der Waals surface area contributed by atoms with Crippen molar-refractivity contribution < 1.29 is 24.2 Å². The summed E-state index contributed by atoms with van der Waals surface area (Å²) in [5.41, 5.74) is 3.15. The molecule has 1 atom stereocenters. The van der Waals surface area contributed by atoms with Gasteiger partial charge in [-0.25, -0.2) is 0 Å². The van der Waals surface area contributed by atoms with Crippen molar-refractivity contribution in [2.75, 3.05) is 13.7 Å². The smallest absolute Gasteiger partial charge is 0.295 e. The zero-order valence-corrected chi connectivity index (χ0v) is 19.4. The van der Waals surface area contributed by atoms with Crippen LogP contribution in [0, 0.1) is 6.92 Å². The number of hydrogen-bond donors (Lipinski definition) is 1. The maximum atomic E-state index is 13.2. The van der Waals surface area contributed by atoms with E-state index >= 15 is 0 Å². The normalized spacial score (nSPS) is 17.1. The van der Waals surface area contributed by atoms with Crippen LogP contribution in [0.4, 0.5) is 0 Å². The van der Waals surface area contributed by atoms with Gasteiger partial charge in [0.15, 0.2) is 0 Å². The maximum absolute atomic E-state index is 13.2. The molecule has 1 aliphatic rings. The van der Waals surface area contributed by atoms with Crippen LogP contribution in [0.5, 0.6) is 11.5 Å². The minimum Gasteiger partial charge on any atom is -0.507 e. The van der Waals surface area contributed by atoms with E-state index in [4.69, 9.17) is 9.47 Å². The highest BCUT2D eigenvalue weighted by molar-refractivity contribution is 6.46. The molecule has 1 amide bonds. The zero-order valence-electron chi connectivity index (χ0n) is 19.4. The Labute approximate surface area is 199 Å². The topological polar surface area (TPSA) is 76.1 Å². The van der Waals surface area contributed by atoms with Crippen molar-refractivity contribution in [3.8, 4) is 11.5 Å². The van der Waals surface area contributed by atoms with Gasteiger partial charge in [0.1, 0.15) is 17.3 Å². The molecule has 3 aromatic rings. The molecule has 6 heteroatoms. The molecular weight excluding hydrogens is 430 g/mol. The Balaban J connectivity index is 1.80. The number of amides is 1. The first-order valence-electron chi connectivity index (χ1n) is 11.1. The van der Waals surface area contributed by atoms with Crippen LogP contribution >= 0.6 is 0 Å². The number of ether oxygens (including phenoxy) is 2. The second-order valence-electron chi connectivity index (χ2n) is 8.14. The second-order valence-corrected chi connectivity index (χ2v) is 8.14. The molecule has 0 aliphatic carbocycles. The molecule has 1 N–H and O–H groups in total. The molecule has 1 aliphatic heterocycles. The predicted molar refractivity (Wildman–Crippen MR) is 130 cm³/mol. The predicted octanol–water partition coefficient (Wildman–Crippen LogP) is 5.02. The van der Waals surface area contributed by atoms with Gasteiger partial charge in [-0.05, 0) is 49.2 Å². The van der Waals surface area contributed by atoms with E-state index in [0.717, 1.165) is 11.1 Å². The molecule has 0 bridgehead atoms. The third-order valence-electron chi connectivity index (χ3n) is 5.88. The molecular formula is C28H27NO5. The van der Waals surface area contributed by atoms with Gasteiger partial charge in [0.2, 0.25) is 0 Å². The highest BCUT2D eigenvalue weighted by Gasteiger charge is 2.46. The molecule has 0 aromatic heterocycles. The summed E-state index contributed by atoms with van der Waals surface area (Å²) in [6, 6.07) is 21.1. The number of Topliss-reactive ketones (excluding diaryl/α,β-unsaturated/α-hetero) is 1. The molecule has 1 unspecified atom stereocenters. The van der Waals surface area contributed by atoms with Crippen molar-refractivity contribution in [1.82, 2.24) is 4.90 Å². The SMILES string of the molecule is CCOc1ccc(C2/C(=C(/O)c3ccc(C)cc3)C(=O)C(=O)N2Cc2ccc(OC)cc2)cc1. The first kappa shape index (κ1) is 23.1. The van der Waals surface area contributed by atoms with Crippen LogP contribution in [0.15, 0.2) is 78.4 Å². The van der Waals surface area contributed by atoms with Crippen molar-refractivity contribution >= 4 is 17.4 Å². The van der Waals surface area contributed by atoms with Crippen LogP contribution in [0.1, 0.15) is 35.2 Å². The summed E-state index contributed by atoms with van der Waals surface area (Å²) < 4.78 is 10.8. The fourth-order valence-electron chi connectivity index (χ4n) is 4.10. The van der Waals surface area contributed by atoms with Crippen LogP contribution in [0.25, 0.3) is 5.76 Å². The van der Waals surface area contributed by atoms with Crippen LogP contribution in [0.2, 0.25) is 0 Å². The van der Waals surface area contributed by atoms with E-state index in [-0.39, 0.29) is 17.9 Å². The quantitative estimate of drug-likeness (QED) is 0.306. The first-order valence-corrected chi connectivity index (χ1v) is 11.1. The summed E-state index contributed by atoms with van der Waals surface area (Å²) in [6.45, 7) is 4.58. The lowest BCUT2D eigenvalue weighted by Crippen LogP contribution is -2.29. The summed E-state index contributed by atoms with van der Waals surface area (Å²) in [6.07, 6.45) is 0.